The molecule has 0 rings (SSSR count). The van der Waals surface area contributed by atoms with Crippen molar-refractivity contribution in [1.82, 2.24) is 4.72 Å². The first-order valence-electron chi connectivity index (χ1n) is 4.83. The van der Waals surface area contributed by atoms with Crippen molar-refractivity contribution in [3.05, 3.63) is 0 Å². The Bertz CT molecular complexity index is 222. The normalized spacial score (nSPS) is 13.2. The van der Waals surface area contributed by atoms with E-state index in [-0.39, 0.29) is 5.41 Å². The smallest absolute Gasteiger partial charge is 0.208 e. The molecule has 0 saturated heterocycles. The lowest BCUT2D eigenvalue weighted by Crippen LogP contribution is -2.36. The molecular formula is C9H21NO2S. The van der Waals surface area contributed by atoms with Crippen molar-refractivity contribution < 1.29 is 8.42 Å². The van der Waals surface area contributed by atoms with Crippen molar-refractivity contribution in [1.29, 1.82) is 0 Å². The Balaban J connectivity index is 4.27. The molecule has 0 bridgehead atoms. The molecule has 0 saturated carbocycles. The van der Waals surface area contributed by atoms with E-state index in [1.54, 1.807) is 0 Å². The topological polar surface area (TPSA) is 46.2 Å². The van der Waals surface area contributed by atoms with Crippen LogP contribution in [0, 0.1) is 5.41 Å². The average molecular weight is 207 g/mol. The van der Waals surface area contributed by atoms with Crippen LogP contribution in [0.3, 0.4) is 0 Å². The van der Waals surface area contributed by atoms with Crippen LogP contribution < -0.4 is 4.72 Å². The molecule has 0 radical (unpaired) electrons. The Kier molecular flexibility index (Phi) is 4.92. The molecule has 0 amide bonds. The molecule has 80 valence electrons. The highest BCUT2D eigenvalue weighted by atomic mass is 32.2. The predicted molar refractivity (Wildman–Crippen MR) is 56.2 cm³/mol. The van der Waals surface area contributed by atoms with Gasteiger partial charge in [0, 0.05) is 6.54 Å². The highest BCUT2D eigenvalue weighted by Crippen LogP contribution is 2.29. The van der Waals surface area contributed by atoms with Gasteiger partial charge in [-0.1, -0.05) is 20.8 Å². The molecule has 0 aromatic heterocycles. The SMILES string of the molecule is CCC(CC)(CC)CNS(C)(=O)=O. The summed E-state index contributed by atoms with van der Waals surface area (Å²) >= 11 is 0. The Morgan fingerprint density at radius 2 is 1.46 bits per heavy atom. The van der Waals surface area contributed by atoms with Gasteiger partial charge in [0.15, 0.2) is 0 Å². The van der Waals surface area contributed by atoms with E-state index in [4.69, 9.17) is 0 Å². The fourth-order valence-electron chi connectivity index (χ4n) is 1.41. The zero-order valence-corrected chi connectivity index (χ0v) is 9.87. The van der Waals surface area contributed by atoms with Crippen LogP contribution in [0.15, 0.2) is 0 Å². The van der Waals surface area contributed by atoms with E-state index in [0.29, 0.717) is 6.54 Å². The summed E-state index contributed by atoms with van der Waals surface area (Å²) in [6, 6.07) is 0. The summed E-state index contributed by atoms with van der Waals surface area (Å²) in [7, 11) is -3.04. The molecule has 0 heterocycles. The summed E-state index contributed by atoms with van der Waals surface area (Å²) in [5.74, 6) is 0. The second-order valence-corrected chi connectivity index (χ2v) is 5.49. The number of hydrogen-bond acceptors (Lipinski definition) is 2. The van der Waals surface area contributed by atoms with Crippen LogP contribution in [-0.2, 0) is 10.0 Å². The fourth-order valence-corrected chi connectivity index (χ4v) is 1.98. The van der Waals surface area contributed by atoms with Crippen LogP contribution in [0.4, 0.5) is 0 Å². The molecule has 0 aliphatic carbocycles. The Morgan fingerprint density at radius 1 is 1.08 bits per heavy atom. The minimum atomic E-state index is -3.04. The highest BCUT2D eigenvalue weighted by molar-refractivity contribution is 7.88. The fraction of sp³-hybridized carbons (Fsp3) is 1.00. The second kappa shape index (κ2) is 4.96. The molecule has 1 N–H and O–H groups in total. The molecule has 0 aromatic rings. The van der Waals surface area contributed by atoms with E-state index in [1.165, 1.54) is 6.26 Å². The van der Waals surface area contributed by atoms with Crippen LogP contribution in [0.1, 0.15) is 40.0 Å². The van der Waals surface area contributed by atoms with Gasteiger partial charge in [0.05, 0.1) is 6.26 Å². The lowest BCUT2D eigenvalue weighted by atomic mass is 9.80. The summed E-state index contributed by atoms with van der Waals surface area (Å²) < 4.78 is 24.4. The van der Waals surface area contributed by atoms with Gasteiger partial charge in [-0.3, -0.25) is 0 Å². The number of rotatable bonds is 6. The third-order valence-corrected chi connectivity index (χ3v) is 3.63. The lowest BCUT2D eigenvalue weighted by molar-refractivity contribution is 0.253. The van der Waals surface area contributed by atoms with Gasteiger partial charge in [0.1, 0.15) is 0 Å². The van der Waals surface area contributed by atoms with E-state index in [2.05, 4.69) is 25.5 Å². The number of nitrogens with one attached hydrogen (secondary N) is 1. The van der Waals surface area contributed by atoms with Crippen molar-refractivity contribution in [2.75, 3.05) is 12.8 Å². The molecule has 0 fully saturated rings. The van der Waals surface area contributed by atoms with E-state index >= 15 is 0 Å². The van der Waals surface area contributed by atoms with E-state index < -0.39 is 10.0 Å². The van der Waals surface area contributed by atoms with Gasteiger partial charge in [-0.15, -0.1) is 0 Å². The summed E-state index contributed by atoms with van der Waals surface area (Å²) in [5, 5.41) is 0. The lowest BCUT2D eigenvalue weighted by Gasteiger charge is -2.30. The third-order valence-electron chi connectivity index (χ3n) is 2.96. The predicted octanol–water partition coefficient (Wildman–Crippen LogP) is 1.75. The molecule has 0 atom stereocenters. The van der Waals surface area contributed by atoms with Crippen molar-refractivity contribution in [2.45, 2.75) is 40.0 Å². The number of sulfonamides is 1. The quantitative estimate of drug-likeness (QED) is 0.721. The molecule has 0 aliphatic heterocycles. The van der Waals surface area contributed by atoms with Gasteiger partial charge < -0.3 is 0 Å². The summed E-state index contributed by atoms with van der Waals surface area (Å²) in [5.41, 5.74) is 0.142. The third kappa shape index (κ3) is 4.62. The molecular weight excluding hydrogens is 186 g/mol. The zero-order valence-electron chi connectivity index (χ0n) is 9.05. The maximum Gasteiger partial charge on any atom is 0.208 e. The monoisotopic (exact) mass is 207 g/mol. The van der Waals surface area contributed by atoms with E-state index in [9.17, 15) is 8.42 Å². The van der Waals surface area contributed by atoms with Crippen molar-refractivity contribution in [2.24, 2.45) is 5.41 Å². The van der Waals surface area contributed by atoms with Crippen LogP contribution in [-0.4, -0.2) is 21.2 Å². The second-order valence-electron chi connectivity index (χ2n) is 3.65. The van der Waals surface area contributed by atoms with Crippen molar-refractivity contribution >= 4 is 10.0 Å². The molecule has 0 spiro atoms. The van der Waals surface area contributed by atoms with Gasteiger partial charge in [0.2, 0.25) is 10.0 Å². The zero-order chi connectivity index (χ0) is 10.5. The average Bonchev–Trinajstić information content (AvgIpc) is 2.06. The van der Waals surface area contributed by atoms with E-state index in [0.717, 1.165) is 19.3 Å². The minimum absolute atomic E-state index is 0.142. The standard InChI is InChI=1S/C9H21NO2S/c1-5-9(6-2,7-3)8-10-13(4,11)12/h10H,5-8H2,1-4H3. The first-order chi connectivity index (χ1) is 5.89. The Hall–Kier alpha value is -0.0900. The van der Waals surface area contributed by atoms with Gasteiger partial charge in [-0.2, -0.15) is 0 Å². The van der Waals surface area contributed by atoms with Gasteiger partial charge in [-0.25, -0.2) is 13.1 Å². The highest BCUT2D eigenvalue weighted by Gasteiger charge is 2.24. The van der Waals surface area contributed by atoms with Gasteiger partial charge in [0.25, 0.3) is 0 Å². The van der Waals surface area contributed by atoms with Gasteiger partial charge in [-0.05, 0) is 24.7 Å². The molecule has 3 nitrogen and oxygen atoms in total. The first-order valence-corrected chi connectivity index (χ1v) is 6.73. The van der Waals surface area contributed by atoms with Crippen LogP contribution in [0.25, 0.3) is 0 Å². The van der Waals surface area contributed by atoms with E-state index in [1.807, 2.05) is 0 Å². The Labute approximate surface area is 82.0 Å². The molecule has 0 unspecified atom stereocenters. The molecule has 0 aliphatic rings. The molecule has 0 aromatic carbocycles. The van der Waals surface area contributed by atoms with Crippen LogP contribution in [0.5, 0.6) is 0 Å². The van der Waals surface area contributed by atoms with Crippen molar-refractivity contribution in [3.63, 3.8) is 0 Å². The largest absolute Gasteiger partial charge is 0.215 e. The molecule has 13 heavy (non-hydrogen) atoms. The molecule has 4 heteroatoms. The first kappa shape index (κ1) is 12.9. The summed E-state index contributed by atoms with van der Waals surface area (Å²) in [6.45, 7) is 6.89. The summed E-state index contributed by atoms with van der Waals surface area (Å²) in [4.78, 5) is 0. The minimum Gasteiger partial charge on any atom is -0.215 e. The maximum absolute atomic E-state index is 10.9. The van der Waals surface area contributed by atoms with Crippen LogP contribution >= 0.6 is 0 Å². The summed E-state index contributed by atoms with van der Waals surface area (Å²) in [6.07, 6.45) is 4.26. The van der Waals surface area contributed by atoms with Crippen molar-refractivity contribution in [3.8, 4) is 0 Å². The maximum atomic E-state index is 10.9. The van der Waals surface area contributed by atoms with Crippen LogP contribution in [0.2, 0.25) is 0 Å². The van der Waals surface area contributed by atoms with Gasteiger partial charge >= 0.3 is 0 Å². The Morgan fingerprint density at radius 3 is 1.69 bits per heavy atom. The number of hydrogen-bond donors (Lipinski definition) is 1.